The van der Waals surface area contributed by atoms with Gasteiger partial charge in [-0.15, -0.1) is 45.3 Å². The summed E-state index contributed by atoms with van der Waals surface area (Å²) in [5.74, 6) is 0. The molecule has 0 amide bonds. The van der Waals surface area contributed by atoms with Crippen LogP contribution in [0.4, 0.5) is 0 Å². The molecule has 0 aliphatic carbocycles. The highest BCUT2D eigenvalue weighted by molar-refractivity contribution is 9.11. The van der Waals surface area contributed by atoms with Crippen LogP contribution in [-0.2, 0) is 12.8 Å². The quantitative estimate of drug-likeness (QED) is 0.0622. The Morgan fingerprint density at radius 2 is 0.761 bits per heavy atom. The lowest BCUT2D eigenvalue weighted by molar-refractivity contribution is 0.557. The SMILES string of the molecule is CCCCCCCCCCCCc1ccc(-c2nc(-c3nc(-c4ccc(CCCCCCCCCCCC)s4)c(Br)s3)sc2Br)s1. The Kier molecular flexibility index (Phi) is 18.7. The number of thiophene rings is 2. The van der Waals surface area contributed by atoms with E-state index in [1.807, 2.05) is 22.7 Å². The Hall–Kier alpha value is -0.380. The summed E-state index contributed by atoms with van der Waals surface area (Å²) in [6.07, 6.45) is 30.1. The second-order valence-electron chi connectivity index (χ2n) is 12.7. The van der Waals surface area contributed by atoms with Crippen molar-refractivity contribution in [1.29, 1.82) is 0 Å². The molecule has 8 heteroatoms. The molecule has 0 fully saturated rings. The van der Waals surface area contributed by atoms with Gasteiger partial charge < -0.3 is 0 Å². The van der Waals surface area contributed by atoms with Gasteiger partial charge in [-0.05, 0) is 81.8 Å². The molecule has 2 nitrogen and oxygen atoms in total. The zero-order chi connectivity index (χ0) is 32.4. The zero-order valence-electron chi connectivity index (χ0n) is 28.1. The highest BCUT2D eigenvalue weighted by atomic mass is 79.9. The molecular weight excluding hydrogens is 773 g/mol. The molecule has 0 unspecified atom stereocenters. The van der Waals surface area contributed by atoms with Crippen LogP contribution in [0.3, 0.4) is 0 Å². The molecule has 0 N–H and O–H groups in total. The number of nitrogens with zero attached hydrogens (tertiary/aromatic N) is 2. The number of aromatic nitrogens is 2. The number of aryl methyl sites for hydroxylation is 2. The summed E-state index contributed by atoms with van der Waals surface area (Å²) in [7, 11) is 0. The van der Waals surface area contributed by atoms with Crippen LogP contribution in [0, 0.1) is 0 Å². The Labute approximate surface area is 312 Å². The number of rotatable bonds is 25. The monoisotopic (exact) mass is 824 g/mol. The first kappa shape index (κ1) is 38.4. The topological polar surface area (TPSA) is 25.8 Å². The van der Waals surface area contributed by atoms with Gasteiger partial charge in [0.05, 0.1) is 17.3 Å². The standard InChI is InChI=1S/C38H54Br2N2S4/c1-3-5-7-9-11-13-15-17-19-21-23-29-25-27-31(43-29)33-35(39)45-37(41-33)38-42-34(36(40)46-38)32-28-26-30(44-32)24-22-20-18-16-14-12-10-8-6-4-2/h25-28H,3-24H2,1-2H3. The van der Waals surface area contributed by atoms with Gasteiger partial charge in [-0.1, -0.05) is 129 Å². The highest BCUT2D eigenvalue weighted by Gasteiger charge is 2.20. The Morgan fingerprint density at radius 3 is 1.11 bits per heavy atom. The molecule has 0 aromatic carbocycles. The van der Waals surface area contributed by atoms with Crippen molar-refractivity contribution >= 4 is 77.2 Å². The van der Waals surface area contributed by atoms with Gasteiger partial charge in [0.25, 0.3) is 0 Å². The van der Waals surface area contributed by atoms with Gasteiger partial charge in [0.1, 0.15) is 11.4 Å². The van der Waals surface area contributed by atoms with Gasteiger partial charge >= 0.3 is 0 Å². The average Bonchev–Trinajstić information content (AvgIpc) is 3.86. The van der Waals surface area contributed by atoms with E-state index < -0.39 is 0 Å². The maximum Gasteiger partial charge on any atom is 0.154 e. The zero-order valence-corrected chi connectivity index (χ0v) is 34.6. The van der Waals surface area contributed by atoms with Crippen molar-refractivity contribution in [2.24, 2.45) is 0 Å². The number of hydrogen-bond donors (Lipinski definition) is 0. The van der Waals surface area contributed by atoms with Crippen molar-refractivity contribution in [2.75, 3.05) is 0 Å². The molecule has 0 spiro atoms. The third kappa shape index (κ3) is 13.2. The van der Waals surface area contributed by atoms with Crippen molar-refractivity contribution in [1.82, 2.24) is 9.97 Å². The molecule has 0 saturated carbocycles. The van der Waals surface area contributed by atoms with Crippen LogP contribution < -0.4 is 0 Å². The number of halogens is 2. The van der Waals surface area contributed by atoms with Gasteiger partial charge in [0.15, 0.2) is 10.0 Å². The fraction of sp³-hybridized carbons (Fsp3) is 0.632. The fourth-order valence-electron chi connectivity index (χ4n) is 5.94. The van der Waals surface area contributed by atoms with Crippen LogP contribution in [0.5, 0.6) is 0 Å². The maximum atomic E-state index is 5.08. The highest BCUT2D eigenvalue weighted by Crippen LogP contribution is 2.45. The molecule has 254 valence electrons. The van der Waals surface area contributed by atoms with Gasteiger partial charge in [-0.3, -0.25) is 0 Å². The molecule has 0 atom stereocenters. The Balaban J connectivity index is 1.21. The summed E-state index contributed by atoms with van der Waals surface area (Å²) >= 11 is 14.8. The van der Waals surface area contributed by atoms with Crippen molar-refractivity contribution in [3.05, 3.63) is 41.6 Å². The summed E-state index contributed by atoms with van der Waals surface area (Å²) in [6.45, 7) is 4.58. The third-order valence-corrected chi connectivity index (χ3v) is 14.6. The molecule has 4 heterocycles. The van der Waals surface area contributed by atoms with E-state index in [1.165, 1.54) is 161 Å². The van der Waals surface area contributed by atoms with Crippen LogP contribution in [-0.4, -0.2) is 9.97 Å². The van der Waals surface area contributed by atoms with E-state index in [0.29, 0.717) is 0 Å². The van der Waals surface area contributed by atoms with Crippen LogP contribution in [0.1, 0.15) is 152 Å². The van der Waals surface area contributed by atoms with Crippen molar-refractivity contribution in [3.8, 4) is 31.2 Å². The van der Waals surface area contributed by atoms with E-state index >= 15 is 0 Å². The molecule has 0 aliphatic heterocycles. The fourth-order valence-corrected chi connectivity index (χ4v) is 11.6. The molecule has 4 aromatic rings. The third-order valence-electron chi connectivity index (χ3n) is 8.70. The van der Waals surface area contributed by atoms with Gasteiger partial charge in [0.2, 0.25) is 0 Å². The van der Waals surface area contributed by atoms with Crippen molar-refractivity contribution < 1.29 is 0 Å². The molecule has 0 saturated heterocycles. The van der Waals surface area contributed by atoms with Crippen molar-refractivity contribution in [2.45, 2.75) is 155 Å². The Bertz CT molecular complexity index is 1280. The second kappa shape index (κ2) is 22.4. The lowest BCUT2D eigenvalue weighted by atomic mass is 10.1. The molecule has 0 bridgehead atoms. The first-order valence-electron chi connectivity index (χ1n) is 18.1. The Morgan fingerprint density at radius 1 is 0.435 bits per heavy atom. The number of unbranched alkanes of at least 4 members (excludes halogenated alkanes) is 18. The minimum atomic E-state index is 0.991. The second-order valence-corrected chi connectivity index (χ2v) is 19.6. The van der Waals surface area contributed by atoms with Gasteiger partial charge in [-0.25, -0.2) is 9.97 Å². The van der Waals surface area contributed by atoms with Crippen LogP contribution in [0.25, 0.3) is 31.2 Å². The predicted octanol–water partition coefficient (Wildman–Crippen LogP) is 16.2. The molecular formula is C38H54Br2N2S4. The summed E-state index contributed by atoms with van der Waals surface area (Å²) < 4.78 is 2.19. The minimum absolute atomic E-state index is 0.991. The van der Waals surface area contributed by atoms with Crippen molar-refractivity contribution in [3.63, 3.8) is 0 Å². The first-order chi connectivity index (χ1) is 22.6. The van der Waals surface area contributed by atoms with E-state index in [-0.39, 0.29) is 0 Å². The average molecular weight is 827 g/mol. The molecule has 0 aliphatic rings. The van der Waals surface area contributed by atoms with E-state index in [0.717, 1.165) is 29.0 Å². The molecule has 4 aromatic heterocycles. The summed E-state index contributed by atoms with van der Waals surface area (Å²) in [5.41, 5.74) is 2.11. The number of thiazole rings is 2. The van der Waals surface area contributed by atoms with E-state index in [4.69, 9.17) is 9.97 Å². The van der Waals surface area contributed by atoms with E-state index in [9.17, 15) is 0 Å². The summed E-state index contributed by atoms with van der Waals surface area (Å²) in [6, 6.07) is 9.12. The molecule has 0 radical (unpaired) electrons. The van der Waals surface area contributed by atoms with Gasteiger partial charge in [-0.2, -0.15) is 0 Å². The lowest BCUT2D eigenvalue weighted by Crippen LogP contribution is -1.84. The van der Waals surface area contributed by atoms with Crippen LogP contribution in [0.2, 0.25) is 0 Å². The van der Waals surface area contributed by atoms with Gasteiger partial charge in [0, 0.05) is 9.75 Å². The van der Waals surface area contributed by atoms with Crippen LogP contribution in [0.15, 0.2) is 31.8 Å². The summed E-state index contributed by atoms with van der Waals surface area (Å²) in [4.78, 5) is 15.6. The minimum Gasteiger partial charge on any atom is -0.231 e. The lowest BCUT2D eigenvalue weighted by Gasteiger charge is -2.02. The summed E-state index contributed by atoms with van der Waals surface area (Å²) in [5, 5.41) is 1.98. The first-order valence-corrected chi connectivity index (χ1v) is 23.0. The van der Waals surface area contributed by atoms with E-state index in [2.05, 4.69) is 70.0 Å². The largest absolute Gasteiger partial charge is 0.231 e. The smallest absolute Gasteiger partial charge is 0.154 e. The predicted molar refractivity (Wildman–Crippen MR) is 216 cm³/mol. The normalized spacial score (nSPS) is 11.7. The maximum absolute atomic E-state index is 5.08. The van der Waals surface area contributed by atoms with Crippen LogP contribution >= 0.6 is 77.2 Å². The van der Waals surface area contributed by atoms with E-state index in [1.54, 1.807) is 22.7 Å². The molecule has 4 rings (SSSR count). The number of hydrogen-bond acceptors (Lipinski definition) is 6. The molecule has 46 heavy (non-hydrogen) atoms.